The van der Waals surface area contributed by atoms with Crippen LogP contribution in [0.3, 0.4) is 0 Å². The van der Waals surface area contributed by atoms with Gasteiger partial charge >= 0.3 is 7.60 Å². The van der Waals surface area contributed by atoms with Gasteiger partial charge in [-0.3, -0.25) is 9.09 Å². The minimum atomic E-state index is -3.80. The minimum Gasteiger partial charge on any atom is -0.391 e. The Morgan fingerprint density at radius 3 is 2.27 bits per heavy atom. The van der Waals surface area contributed by atoms with Crippen molar-refractivity contribution in [2.45, 2.75) is 38.3 Å². The molecule has 0 bridgehead atoms. The zero-order valence-electron chi connectivity index (χ0n) is 8.74. The number of aliphatic hydroxyl groups excluding tert-OH is 2. The molecule has 1 fully saturated rings. The molecule has 0 aromatic carbocycles. The fraction of sp³-hybridized carbons (Fsp3) is 1.00. The maximum atomic E-state index is 11.5. The van der Waals surface area contributed by atoms with E-state index in [-0.39, 0.29) is 12.3 Å². The third-order valence-electron chi connectivity index (χ3n) is 2.07. The van der Waals surface area contributed by atoms with Gasteiger partial charge in [-0.1, -0.05) is 0 Å². The molecule has 0 aromatic heterocycles. The van der Waals surface area contributed by atoms with Crippen LogP contribution in [0.2, 0.25) is 0 Å². The lowest BCUT2D eigenvalue weighted by molar-refractivity contribution is -0.0333. The van der Waals surface area contributed by atoms with E-state index in [0.29, 0.717) is 6.61 Å². The smallest absolute Gasteiger partial charge is 0.331 e. The molecular weight excluding hydrogens is 223 g/mol. The zero-order valence-corrected chi connectivity index (χ0v) is 9.63. The molecule has 0 amide bonds. The van der Waals surface area contributed by atoms with Crippen LogP contribution in [0.15, 0.2) is 0 Å². The molecule has 7 heteroatoms. The van der Waals surface area contributed by atoms with Crippen LogP contribution < -0.4 is 0 Å². The molecule has 1 aliphatic heterocycles. The number of epoxide rings is 1. The standard InChI is InChI=1S/C8H17O6P/c1-5(9)8(6(2)10)14-15(11,12)4-7-3-13-7/h5-10H,3-4H2,1-2H3,(H,11,12). The first-order valence-corrected chi connectivity index (χ1v) is 6.56. The van der Waals surface area contributed by atoms with Gasteiger partial charge in [-0.2, -0.15) is 0 Å². The summed E-state index contributed by atoms with van der Waals surface area (Å²) >= 11 is 0. The Balaban J connectivity index is 2.51. The molecule has 0 saturated carbocycles. The molecule has 1 rings (SSSR count). The minimum absolute atomic E-state index is 0.0943. The Kier molecular flexibility index (Phi) is 4.29. The highest BCUT2D eigenvalue weighted by molar-refractivity contribution is 7.52. The van der Waals surface area contributed by atoms with E-state index >= 15 is 0 Å². The van der Waals surface area contributed by atoms with Gasteiger partial charge in [0.15, 0.2) is 0 Å². The van der Waals surface area contributed by atoms with E-state index in [1.165, 1.54) is 13.8 Å². The third kappa shape index (κ3) is 4.59. The Bertz CT molecular complexity index is 242. The quantitative estimate of drug-likeness (QED) is 0.436. The maximum absolute atomic E-state index is 11.5. The summed E-state index contributed by atoms with van der Waals surface area (Å²) in [6, 6.07) is 0. The van der Waals surface area contributed by atoms with Crippen molar-refractivity contribution in [3.05, 3.63) is 0 Å². The molecule has 4 unspecified atom stereocenters. The highest BCUT2D eigenvalue weighted by atomic mass is 31.2. The van der Waals surface area contributed by atoms with E-state index in [0.717, 1.165) is 0 Å². The van der Waals surface area contributed by atoms with E-state index in [1.807, 2.05) is 0 Å². The fourth-order valence-corrected chi connectivity index (χ4v) is 2.79. The first-order valence-electron chi connectivity index (χ1n) is 4.80. The number of rotatable bonds is 6. The monoisotopic (exact) mass is 240 g/mol. The molecule has 15 heavy (non-hydrogen) atoms. The van der Waals surface area contributed by atoms with Crippen LogP contribution in [0.4, 0.5) is 0 Å². The van der Waals surface area contributed by atoms with Gasteiger partial charge in [-0.25, -0.2) is 0 Å². The van der Waals surface area contributed by atoms with Crippen LogP contribution in [0, 0.1) is 0 Å². The molecule has 0 radical (unpaired) electrons. The summed E-state index contributed by atoms with van der Waals surface area (Å²) in [6.07, 6.45) is -3.40. The van der Waals surface area contributed by atoms with Crippen molar-refractivity contribution >= 4 is 7.60 Å². The van der Waals surface area contributed by atoms with Crippen LogP contribution in [0.25, 0.3) is 0 Å². The normalized spacial score (nSPS) is 30.3. The Morgan fingerprint density at radius 1 is 1.47 bits per heavy atom. The van der Waals surface area contributed by atoms with Crippen molar-refractivity contribution < 1.29 is 28.9 Å². The second kappa shape index (κ2) is 4.91. The summed E-state index contributed by atoms with van der Waals surface area (Å²) in [4.78, 5) is 9.42. The summed E-state index contributed by atoms with van der Waals surface area (Å²) in [5, 5.41) is 18.5. The van der Waals surface area contributed by atoms with Gasteiger partial charge in [-0.15, -0.1) is 0 Å². The Hall–Kier alpha value is 0.0300. The second-order valence-corrected chi connectivity index (χ2v) is 5.68. The van der Waals surface area contributed by atoms with Gasteiger partial charge in [0.2, 0.25) is 0 Å². The SMILES string of the molecule is CC(O)C(OP(=O)(O)CC1CO1)C(C)O. The lowest BCUT2D eigenvalue weighted by Gasteiger charge is -2.25. The zero-order chi connectivity index (χ0) is 11.6. The van der Waals surface area contributed by atoms with Gasteiger partial charge in [0.1, 0.15) is 6.10 Å². The second-order valence-electron chi connectivity index (χ2n) is 3.83. The highest BCUT2D eigenvalue weighted by Crippen LogP contribution is 2.46. The van der Waals surface area contributed by atoms with Gasteiger partial charge in [0, 0.05) is 0 Å². The molecular formula is C8H17O6P. The van der Waals surface area contributed by atoms with Gasteiger partial charge in [-0.05, 0) is 13.8 Å². The van der Waals surface area contributed by atoms with Gasteiger partial charge < -0.3 is 19.8 Å². The van der Waals surface area contributed by atoms with Crippen LogP contribution in [0.5, 0.6) is 0 Å². The fourth-order valence-electron chi connectivity index (χ4n) is 1.24. The van der Waals surface area contributed by atoms with Crippen molar-refractivity contribution in [2.75, 3.05) is 12.8 Å². The third-order valence-corrected chi connectivity index (χ3v) is 3.52. The molecule has 0 spiro atoms. The molecule has 0 aromatic rings. The Labute approximate surface area is 88.4 Å². The lowest BCUT2D eigenvalue weighted by Crippen LogP contribution is -2.35. The molecule has 4 atom stereocenters. The van der Waals surface area contributed by atoms with Crippen molar-refractivity contribution in [2.24, 2.45) is 0 Å². The summed E-state index contributed by atoms with van der Waals surface area (Å²) < 4.78 is 21.2. The van der Waals surface area contributed by atoms with Crippen LogP contribution in [0.1, 0.15) is 13.8 Å². The van der Waals surface area contributed by atoms with Crippen molar-refractivity contribution in [1.29, 1.82) is 0 Å². The van der Waals surface area contributed by atoms with Crippen molar-refractivity contribution in [1.82, 2.24) is 0 Å². The molecule has 1 aliphatic rings. The predicted octanol–water partition coefficient (Wildman–Crippen LogP) is -0.283. The van der Waals surface area contributed by atoms with E-state index in [2.05, 4.69) is 0 Å². The first kappa shape index (κ1) is 13.1. The van der Waals surface area contributed by atoms with E-state index in [9.17, 15) is 19.7 Å². The molecule has 6 nitrogen and oxygen atoms in total. The summed E-state index contributed by atoms with van der Waals surface area (Å²) in [5.74, 6) is 0. The van der Waals surface area contributed by atoms with E-state index < -0.39 is 25.9 Å². The largest absolute Gasteiger partial charge is 0.391 e. The average molecular weight is 240 g/mol. The van der Waals surface area contributed by atoms with Gasteiger partial charge in [0.05, 0.1) is 31.1 Å². The average Bonchev–Trinajstić information content (AvgIpc) is 2.82. The summed E-state index contributed by atoms with van der Waals surface area (Å²) in [7, 11) is -3.80. The highest BCUT2D eigenvalue weighted by Gasteiger charge is 2.37. The first-order chi connectivity index (χ1) is 6.82. The summed E-state index contributed by atoms with van der Waals surface area (Å²) in [6.45, 7) is 3.25. The molecule has 0 aliphatic carbocycles. The molecule has 90 valence electrons. The number of ether oxygens (including phenoxy) is 1. The number of hydrogen-bond donors (Lipinski definition) is 3. The lowest BCUT2D eigenvalue weighted by atomic mass is 10.1. The predicted molar refractivity (Wildman–Crippen MR) is 52.7 cm³/mol. The number of aliphatic hydroxyl groups is 2. The molecule has 1 saturated heterocycles. The van der Waals surface area contributed by atoms with Gasteiger partial charge in [0.25, 0.3) is 0 Å². The summed E-state index contributed by atoms with van der Waals surface area (Å²) in [5.41, 5.74) is 0. The van der Waals surface area contributed by atoms with Crippen molar-refractivity contribution in [3.8, 4) is 0 Å². The van der Waals surface area contributed by atoms with E-state index in [4.69, 9.17) is 9.26 Å². The van der Waals surface area contributed by atoms with E-state index in [1.54, 1.807) is 0 Å². The van der Waals surface area contributed by atoms with Crippen LogP contribution in [-0.4, -0.2) is 52.3 Å². The number of hydrogen-bond acceptors (Lipinski definition) is 5. The van der Waals surface area contributed by atoms with Crippen molar-refractivity contribution in [3.63, 3.8) is 0 Å². The molecule has 1 heterocycles. The maximum Gasteiger partial charge on any atom is 0.331 e. The topological polar surface area (TPSA) is 99.5 Å². The van der Waals surface area contributed by atoms with Crippen LogP contribution in [-0.2, 0) is 13.8 Å². The molecule has 3 N–H and O–H groups in total. The van der Waals surface area contributed by atoms with Crippen LogP contribution >= 0.6 is 7.60 Å². The Morgan fingerprint density at radius 2 is 1.93 bits per heavy atom.